The van der Waals surface area contributed by atoms with Crippen molar-refractivity contribution in [3.8, 4) is 22.6 Å². The Morgan fingerprint density at radius 3 is 2.28 bits per heavy atom. The Kier molecular flexibility index (Phi) is 7.01. The first-order valence-corrected chi connectivity index (χ1v) is 12.8. The molecule has 0 radical (unpaired) electrons. The van der Waals surface area contributed by atoms with E-state index in [4.69, 9.17) is 14.2 Å². The van der Waals surface area contributed by atoms with Gasteiger partial charge < -0.3 is 19.3 Å². The average Bonchev–Trinajstić information content (AvgIpc) is 3.33. The van der Waals surface area contributed by atoms with Crippen LogP contribution in [0.25, 0.3) is 11.1 Å². The van der Waals surface area contributed by atoms with E-state index < -0.39 is 11.4 Å². The lowest BCUT2D eigenvalue weighted by Crippen LogP contribution is -2.48. The Morgan fingerprint density at radius 2 is 1.67 bits per heavy atom. The van der Waals surface area contributed by atoms with Crippen LogP contribution in [0.1, 0.15) is 54.4 Å². The van der Waals surface area contributed by atoms with Gasteiger partial charge in [0.2, 0.25) is 0 Å². The maximum absolute atomic E-state index is 11.3. The third kappa shape index (κ3) is 5.26. The van der Waals surface area contributed by atoms with Crippen molar-refractivity contribution >= 4 is 5.97 Å². The summed E-state index contributed by atoms with van der Waals surface area (Å²) in [4.78, 5) is 11.3. The van der Waals surface area contributed by atoms with E-state index in [1.807, 2.05) is 24.3 Å². The van der Waals surface area contributed by atoms with Crippen molar-refractivity contribution in [2.45, 2.75) is 64.1 Å². The van der Waals surface area contributed by atoms with Crippen LogP contribution in [0, 0.1) is 13.8 Å². The van der Waals surface area contributed by atoms with Crippen molar-refractivity contribution in [3.05, 3.63) is 82.9 Å². The number of benzene rings is 3. The minimum Gasteiger partial charge on any atom is -0.490 e. The molecule has 0 bridgehead atoms. The van der Waals surface area contributed by atoms with Gasteiger partial charge in [-0.25, -0.2) is 0 Å². The molecule has 1 saturated heterocycles. The van der Waals surface area contributed by atoms with Crippen LogP contribution in [-0.2, 0) is 21.6 Å². The van der Waals surface area contributed by atoms with Gasteiger partial charge in [-0.3, -0.25) is 4.79 Å². The summed E-state index contributed by atoms with van der Waals surface area (Å²) < 4.78 is 17.6. The molecule has 1 N–H and O–H groups in total. The first-order chi connectivity index (χ1) is 17.4. The zero-order valence-electron chi connectivity index (χ0n) is 21.1. The summed E-state index contributed by atoms with van der Waals surface area (Å²) in [5, 5.41) is 9.26. The van der Waals surface area contributed by atoms with E-state index in [-0.39, 0.29) is 6.42 Å². The molecule has 0 amide bonds. The molecule has 1 aliphatic carbocycles. The van der Waals surface area contributed by atoms with E-state index in [1.54, 1.807) is 0 Å². The lowest BCUT2D eigenvalue weighted by Gasteiger charge is -2.40. The molecule has 5 nitrogen and oxygen atoms in total. The lowest BCUT2D eigenvalue weighted by molar-refractivity contribution is -0.145. The first-order valence-electron chi connectivity index (χ1n) is 12.8. The molecule has 188 valence electrons. The summed E-state index contributed by atoms with van der Waals surface area (Å²) in [6.07, 6.45) is 5.27. The molecule has 3 aromatic carbocycles. The number of carboxylic acids is 1. The summed E-state index contributed by atoms with van der Waals surface area (Å²) in [6, 6.07) is 20.6. The first kappa shape index (κ1) is 24.4. The minimum atomic E-state index is -0.806. The normalized spacial score (nSPS) is 16.9. The summed E-state index contributed by atoms with van der Waals surface area (Å²) in [5.74, 6) is 0.929. The second-order valence-corrected chi connectivity index (χ2v) is 10.3. The van der Waals surface area contributed by atoms with Crippen molar-refractivity contribution in [1.29, 1.82) is 0 Å². The Balaban J connectivity index is 1.26. The molecule has 5 heteroatoms. The predicted octanol–water partition coefficient (Wildman–Crippen LogP) is 6.61. The summed E-state index contributed by atoms with van der Waals surface area (Å²) in [6.45, 7) is 5.65. The largest absolute Gasteiger partial charge is 0.490 e. The van der Waals surface area contributed by atoms with E-state index >= 15 is 0 Å². The van der Waals surface area contributed by atoms with E-state index in [2.05, 4.69) is 50.2 Å². The molecule has 0 unspecified atom stereocenters. The number of hydrogen-bond donors (Lipinski definition) is 1. The van der Waals surface area contributed by atoms with Crippen molar-refractivity contribution in [2.24, 2.45) is 0 Å². The van der Waals surface area contributed by atoms with Gasteiger partial charge in [-0.1, -0.05) is 30.3 Å². The molecular formula is C31H34O5. The zero-order chi connectivity index (χ0) is 25.1. The molecular weight excluding hydrogens is 452 g/mol. The molecule has 5 rings (SSSR count). The van der Waals surface area contributed by atoms with Gasteiger partial charge in [0.1, 0.15) is 18.1 Å². The van der Waals surface area contributed by atoms with Crippen molar-refractivity contribution in [1.82, 2.24) is 0 Å². The predicted molar refractivity (Wildman–Crippen MR) is 140 cm³/mol. The highest BCUT2D eigenvalue weighted by Crippen LogP contribution is 2.37. The highest BCUT2D eigenvalue weighted by atomic mass is 16.5. The van der Waals surface area contributed by atoms with E-state index in [1.165, 1.54) is 35.1 Å². The summed E-state index contributed by atoms with van der Waals surface area (Å²) in [5.41, 5.74) is 6.50. The van der Waals surface area contributed by atoms with Gasteiger partial charge in [0.25, 0.3) is 0 Å². The van der Waals surface area contributed by atoms with Crippen LogP contribution in [0.15, 0.2) is 60.7 Å². The second-order valence-electron chi connectivity index (χ2n) is 10.3. The van der Waals surface area contributed by atoms with Crippen LogP contribution >= 0.6 is 0 Å². The van der Waals surface area contributed by atoms with Gasteiger partial charge in [-0.05, 0) is 103 Å². The fourth-order valence-corrected chi connectivity index (χ4v) is 5.54. The van der Waals surface area contributed by atoms with Gasteiger partial charge in [-0.2, -0.15) is 0 Å². The molecule has 1 heterocycles. The van der Waals surface area contributed by atoms with Crippen LogP contribution in [0.2, 0.25) is 0 Å². The monoisotopic (exact) mass is 486 g/mol. The molecule has 2 aliphatic rings. The molecule has 3 aromatic rings. The van der Waals surface area contributed by atoms with E-state index in [9.17, 15) is 9.90 Å². The zero-order valence-corrected chi connectivity index (χ0v) is 21.1. The van der Waals surface area contributed by atoms with E-state index in [0.29, 0.717) is 25.9 Å². The fraction of sp³-hybridized carbons (Fsp3) is 0.387. The van der Waals surface area contributed by atoms with Crippen LogP contribution in [0.3, 0.4) is 0 Å². The number of rotatable bonds is 9. The highest BCUT2D eigenvalue weighted by Gasteiger charge is 2.42. The number of hydrogen-bond acceptors (Lipinski definition) is 4. The molecule has 2 fully saturated rings. The molecule has 0 spiro atoms. The summed E-state index contributed by atoms with van der Waals surface area (Å²) in [7, 11) is 0. The molecule has 1 saturated carbocycles. The van der Waals surface area contributed by atoms with Gasteiger partial charge in [0.15, 0.2) is 0 Å². The molecule has 36 heavy (non-hydrogen) atoms. The Morgan fingerprint density at radius 1 is 0.972 bits per heavy atom. The quantitative estimate of drug-likeness (QED) is 0.368. The Hall–Kier alpha value is -3.31. The third-order valence-corrected chi connectivity index (χ3v) is 7.45. The highest BCUT2D eigenvalue weighted by molar-refractivity contribution is 5.72. The Bertz CT molecular complexity index is 1200. The van der Waals surface area contributed by atoms with Crippen LogP contribution in [-0.4, -0.2) is 30.4 Å². The number of carbonyl (C=O) groups is 1. The maximum atomic E-state index is 11.3. The topological polar surface area (TPSA) is 65.0 Å². The maximum Gasteiger partial charge on any atom is 0.304 e. The van der Waals surface area contributed by atoms with Crippen molar-refractivity contribution in [3.63, 3.8) is 0 Å². The number of ether oxygens (including phenoxy) is 3. The number of aliphatic carboxylic acids is 1. The van der Waals surface area contributed by atoms with E-state index in [0.717, 1.165) is 35.5 Å². The smallest absolute Gasteiger partial charge is 0.304 e. The van der Waals surface area contributed by atoms with Crippen LogP contribution in [0.4, 0.5) is 0 Å². The third-order valence-electron chi connectivity index (χ3n) is 7.45. The average molecular weight is 487 g/mol. The van der Waals surface area contributed by atoms with Crippen LogP contribution in [0.5, 0.6) is 11.5 Å². The second kappa shape index (κ2) is 10.4. The molecule has 1 aliphatic heterocycles. The van der Waals surface area contributed by atoms with Gasteiger partial charge >= 0.3 is 5.97 Å². The van der Waals surface area contributed by atoms with Gasteiger partial charge in [0.05, 0.1) is 31.2 Å². The van der Waals surface area contributed by atoms with Crippen LogP contribution < -0.4 is 9.47 Å². The molecule has 0 aromatic heterocycles. The van der Waals surface area contributed by atoms with Gasteiger partial charge in [0, 0.05) is 0 Å². The summed E-state index contributed by atoms with van der Waals surface area (Å²) >= 11 is 0. The molecule has 0 atom stereocenters. The lowest BCUT2D eigenvalue weighted by atomic mass is 9.76. The van der Waals surface area contributed by atoms with Crippen molar-refractivity contribution in [2.75, 3.05) is 13.2 Å². The standard InChI is InChI=1S/C31H34O5/c1-21-14-28(36-27-8-3-4-9-27)15-22(2)30(21)24-7-5-6-23(16-24)18-35-26-12-10-25(11-13-26)31(17-29(32)33)19-34-20-31/h5-7,10-16,27H,3-4,8-9,17-20H2,1-2H3,(H,32,33). The van der Waals surface area contributed by atoms with Crippen molar-refractivity contribution < 1.29 is 24.1 Å². The Labute approximate surface area is 213 Å². The fourth-order valence-electron chi connectivity index (χ4n) is 5.54. The SMILES string of the molecule is Cc1cc(OC2CCCC2)cc(C)c1-c1cccc(COc2ccc(C3(CC(=O)O)COC3)cc2)c1. The number of aryl methyl sites for hydroxylation is 2. The number of carboxylic acid groups (broad SMARTS) is 1. The minimum absolute atomic E-state index is 0.0759. The van der Waals surface area contributed by atoms with Gasteiger partial charge in [-0.15, -0.1) is 0 Å².